The normalized spacial score (nSPS) is 17.8. The molecule has 1 atom stereocenters. The number of aromatic nitrogens is 1. The Bertz CT molecular complexity index is 1000. The molecule has 0 N–H and O–H groups in total. The average molecular weight is 405 g/mol. The summed E-state index contributed by atoms with van der Waals surface area (Å²) < 4.78 is 54.2. The molecule has 1 aromatic carbocycles. The third kappa shape index (κ3) is 4.42. The van der Waals surface area contributed by atoms with E-state index in [4.69, 9.17) is 5.26 Å². The molecule has 5 nitrogen and oxygen atoms in total. The van der Waals surface area contributed by atoms with E-state index in [0.717, 1.165) is 11.0 Å². The van der Waals surface area contributed by atoms with Crippen LogP contribution in [-0.2, 0) is 4.79 Å². The van der Waals surface area contributed by atoms with E-state index in [9.17, 15) is 27.2 Å². The first kappa shape index (κ1) is 20.5. The number of hydrogen-bond acceptors (Lipinski definition) is 4. The van der Waals surface area contributed by atoms with Crippen molar-refractivity contribution in [1.82, 2.24) is 9.88 Å². The van der Waals surface area contributed by atoms with Crippen LogP contribution in [0.3, 0.4) is 0 Å². The summed E-state index contributed by atoms with van der Waals surface area (Å²) in [5.74, 6) is -6.05. The number of alkyl halides is 2. The number of hydrogen-bond donors (Lipinski definition) is 0. The van der Waals surface area contributed by atoms with Crippen molar-refractivity contribution >= 4 is 11.7 Å². The van der Waals surface area contributed by atoms with Crippen LogP contribution >= 0.6 is 0 Å². The molecule has 0 radical (unpaired) electrons. The van der Waals surface area contributed by atoms with Crippen LogP contribution in [0, 0.1) is 23.0 Å². The summed E-state index contributed by atoms with van der Waals surface area (Å²) in [4.78, 5) is 29.5. The largest absolute Gasteiger partial charge is 0.320 e. The van der Waals surface area contributed by atoms with E-state index in [0.29, 0.717) is 6.07 Å². The van der Waals surface area contributed by atoms with Gasteiger partial charge in [0.25, 0.3) is 5.92 Å². The zero-order valence-corrected chi connectivity index (χ0v) is 15.0. The molecule has 29 heavy (non-hydrogen) atoms. The molecule has 9 heteroatoms. The van der Waals surface area contributed by atoms with E-state index in [1.54, 1.807) is 6.07 Å². The van der Waals surface area contributed by atoms with E-state index in [1.807, 2.05) is 0 Å². The van der Waals surface area contributed by atoms with Crippen LogP contribution in [0.2, 0.25) is 0 Å². The van der Waals surface area contributed by atoms with Gasteiger partial charge in [-0.1, -0.05) is 0 Å². The van der Waals surface area contributed by atoms with Gasteiger partial charge in [-0.15, -0.1) is 0 Å². The minimum atomic E-state index is -3.14. The topological polar surface area (TPSA) is 74.1 Å². The number of likely N-dealkylation sites (tertiary alicyclic amines) is 1. The Morgan fingerprint density at radius 3 is 2.66 bits per heavy atom. The predicted molar refractivity (Wildman–Crippen MR) is 93.8 cm³/mol. The third-order valence-electron chi connectivity index (χ3n) is 4.65. The van der Waals surface area contributed by atoms with Crippen molar-refractivity contribution in [3.05, 3.63) is 53.9 Å². The molecule has 1 aliphatic rings. The first-order valence-corrected chi connectivity index (χ1v) is 8.71. The van der Waals surface area contributed by atoms with Gasteiger partial charge >= 0.3 is 0 Å². The van der Waals surface area contributed by atoms with Crippen molar-refractivity contribution in [3.63, 3.8) is 0 Å². The highest BCUT2D eigenvalue weighted by Crippen LogP contribution is 2.32. The first-order chi connectivity index (χ1) is 13.7. The molecule has 1 fully saturated rings. The van der Waals surface area contributed by atoms with E-state index < -0.39 is 48.3 Å². The number of ketones is 1. The van der Waals surface area contributed by atoms with E-state index in [2.05, 4.69) is 4.98 Å². The Labute approximate surface area is 163 Å². The van der Waals surface area contributed by atoms with Crippen molar-refractivity contribution in [1.29, 1.82) is 5.26 Å². The molecule has 2 heterocycles. The van der Waals surface area contributed by atoms with Gasteiger partial charge in [0.15, 0.2) is 5.78 Å². The standard InChI is InChI=1S/C20H15F4N3O2/c21-12-1-2-14(17(22)7-12)16-10-26-6-5-15(16)18(28)3-4-19(29)27-11-20(23,24)8-13(27)9-25/h1-2,5-7,10,13H,3-4,8,11H2/t13-/m0/s1. The van der Waals surface area contributed by atoms with Gasteiger partial charge in [-0.2, -0.15) is 5.26 Å². The third-order valence-corrected chi connectivity index (χ3v) is 4.65. The number of amides is 1. The second-order valence-electron chi connectivity index (χ2n) is 6.70. The second kappa shape index (κ2) is 7.99. The van der Waals surface area contributed by atoms with Crippen molar-refractivity contribution in [2.75, 3.05) is 6.54 Å². The SMILES string of the molecule is N#C[C@@H]1CC(F)(F)CN1C(=O)CCC(=O)c1ccncc1-c1ccc(F)cc1F. The number of Topliss-reactive ketones (excluding diaryl/α,β-unsaturated/α-hetero) is 1. The van der Waals surface area contributed by atoms with Crippen LogP contribution in [0.5, 0.6) is 0 Å². The van der Waals surface area contributed by atoms with Crippen molar-refractivity contribution < 1.29 is 27.2 Å². The maximum atomic E-state index is 14.1. The number of benzene rings is 1. The number of rotatable bonds is 5. The van der Waals surface area contributed by atoms with Gasteiger partial charge in [0.2, 0.25) is 5.91 Å². The molecule has 1 amide bonds. The lowest BCUT2D eigenvalue weighted by Crippen LogP contribution is -2.36. The molecule has 0 unspecified atom stereocenters. The van der Waals surface area contributed by atoms with Crippen LogP contribution in [-0.4, -0.2) is 40.1 Å². The molecule has 2 aromatic rings. The highest BCUT2D eigenvalue weighted by atomic mass is 19.3. The quantitative estimate of drug-likeness (QED) is 0.561. The van der Waals surface area contributed by atoms with Crippen molar-refractivity contribution in [3.8, 4) is 17.2 Å². The van der Waals surface area contributed by atoms with Crippen LogP contribution in [0.25, 0.3) is 11.1 Å². The fourth-order valence-electron chi connectivity index (χ4n) is 3.25. The summed E-state index contributed by atoms with van der Waals surface area (Å²) in [6, 6.07) is 4.66. The Kier molecular flexibility index (Phi) is 5.64. The molecule has 0 saturated carbocycles. The molecule has 0 aliphatic carbocycles. The first-order valence-electron chi connectivity index (χ1n) is 8.71. The van der Waals surface area contributed by atoms with Gasteiger partial charge in [0, 0.05) is 54.4 Å². The smallest absolute Gasteiger partial charge is 0.268 e. The number of nitrogens with zero attached hydrogens (tertiary/aromatic N) is 3. The zero-order valence-electron chi connectivity index (χ0n) is 15.0. The lowest BCUT2D eigenvalue weighted by Gasteiger charge is -2.19. The van der Waals surface area contributed by atoms with Gasteiger partial charge in [-0.3, -0.25) is 14.6 Å². The molecule has 3 rings (SSSR count). The van der Waals surface area contributed by atoms with Crippen LogP contribution in [0.1, 0.15) is 29.6 Å². The Balaban J connectivity index is 1.75. The Morgan fingerprint density at radius 2 is 1.97 bits per heavy atom. The molecule has 0 spiro atoms. The average Bonchev–Trinajstić information content (AvgIpc) is 3.01. The van der Waals surface area contributed by atoms with Crippen LogP contribution in [0.15, 0.2) is 36.7 Å². The maximum Gasteiger partial charge on any atom is 0.268 e. The molecule has 1 aliphatic heterocycles. The minimum absolute atomic E-state index is 0.0297. The molecule has 0 bridgehead atoms. The number of carbonyl (C=O) groups is 2. The molecule has 1 aromatic heterocycles. The Hall–Kier alpha value is -3.28. The monoisotopic (exact) mass is 405 g/mol. The number of pyridine rings is 1. The highest BCUT2D eigenvalue weighted by Gasteiger charge is 2.47. The fourth-order valence-corrected chi connectivity index (χ4v) is 3.25. The van der Waals surface area contributed by atoms with E-state index in [1.165, 1.54) is 24.5 Å². The van der Waals surface area contributed by atoms with Crippen LogP contribution < -0.4 is 0 Å². The number of nitriles is 1. The molecular formula is C20H15F4N3O2. The Morgan fingerprint density at radius 1 is 1.21 bits per heavy atom. The van der Waals surface area contributed by atoms with Crippen molar-refractivity contribution in [2.24, 2.45) is 0 Å². The molecule has 1 saturated heterocycles. The van der Waals surface area contributed by atoms with Gasteiger partial charge in [-0.05, 0) is 18.2 Å². The minimum Gasteiger partial charge on any atom is -0.320 e. The van der Waals surface area contributed by atoms with Crippen LogP contribution in [0.4, 0.5) is 17.6 Å². The fraction of sp³-hybridized carbons (Fsp3) is 0.300. The lowest BCUT2D eigenvalue weighted by molar-refractivity contribution is -0.132. The zero-order chi connectivity index (χ0) is 21.2. The van der Waals surface area contributed by atoms with Gasteiger partial charge in [0.05, 0.1) is 12.6 Å². The second-order valence-corrected chi connectivity index (χ2v) is 6.70. The van der Waals surface area contributed by atoms with Crippen molar-refractivity contribution in [2.45, 2.75) is 31.2 Å². The van der Waals surface area contributed by atoms with Gasteiger partial charge < -0.3 is 4.90 Å². The summed E-state index contributed by atoms with van der Waals surface area (Å²) in [6.07, 6.45) is 1.13. The maximum absolute atomic E-state index is 14.1. The summed E-state index contributed by atoms with van der Waals surface area (Å²) in [5.41, 5.74) is 0.171. The molecule has 150 valence electrons. The predicted octanol–water partition coefficient (Wildman–Crippen LogP) is 3.75. The van der Waals surface area contributed by atoms with Gasteiger partial charge in [0.1, 0.15) is 17.7 Å². The summed E-state index contributed by atoms with van der Waals surface area (Å²) >= 11 is 0. The lowest BCUT2D eigenvalue weighted by atomic mass is 9.96. The van der Waals surface area contributed by atoms with Gasteiger partial charge in [-0.25, -0.2) is 17.6 Å². The summed E-state index contributed by atoms with van der Waals surface area (Å²) in [5, 5.41) is 8.97. The summed E-state index contributed by atoms with van der Waals surface area (Å²) in [6.45, 7) is -0.862. The highest BCUT2D eigenvalue weighted by molar-refractivity contribution is 6.03. The number of halogens is 4. The van der Waals surface area contributed by atoms with E-state index in [-0.39, 0.29) is 29.5 Å². The molecular weight excluding hydrogens is 390 g/mol. The van der Waals surface area contributed by atoms with E-state index >= 15 is 0 Å². The summed E-state index contributed by atoms with van der Waals surface area (Å²) in [7, 11) is 0. The number of carbonyl (C=O) groups excluding carboxylic acids is 2.